The van der Waals surface area contributed by atoms with Crippen LogP contribution in [0.5, 0.6) is 0 Å². The predicted molar refractivity (Wildman–Crippen MR) is 76.1 cm³/mol. The number of anilines is 1. The third kappa shape index (κ3) is 4.14. The van der Waals surface area contributed by atoms with E-state index in [4.69, 9.17) is 5.11 Å². The second-order valence-electron chi connectivity index (χ2n) is 4.87. The molecule has 110 valence electrons. The fourth-order valence-corrected chi connectivity index (χ4v) is 2.20. The van der Waals surface area contributed by atoms with E-state index in [2.05, 4.69) is 25.5 Å². The lowest BCUT2D eigenvalue weighted by molar-refractivity contribution is 0.0695. The molecule has 0 spiro atoms. The summed E-state index contributed by atoms with van der Waals surface area (Å²) in [5, 5.41) is 15.4. The lowest BCUT2D eigenvalue weighted by Crippen LogP contribution is -2.44. The van der Waals surface area contributed by atoms with Crippen LogP contribution >= 0.6 is 0 Å². The van der Waals surface area contributed by atoms with E-state index in [1.807, 2.05) is 0 Å². The van der Waals surface area contributed by atoms with Gasteiger partial charge in [0.05, 0.1) is 11.3 Å². The number of nitrogens with one attached hydrogen (secondary N) is 2. The summed E-state index contributed by atoms with van der Waals surface area (Å²) in [5.74, 6) is -0.499. The summed E-state index contributed by atoms with van der Waals surface area (Å²) in [4.78, 5) is 21.5. The number of aryl methyl sites for hydroxylation is 1. The quantitative estimate of drug-likeness (QED) is 0.640. The number of nitrogens with zero attached hydrogens (tertiary/aromatic N) is 3. The van der Waals surface area contributed by atoms with Crippen LogP contribution in [-0.2, 0) is 0 Å². The van der Waals surface area contributed by atoms with E-state index in [1.165, 1.54) is 6.20 Å². The molecular weight excluding hydrogens is 258 g/mol. The van der Waals surface area contributed by atoms with Gasteiger partial charge >= 0.3 is 5.97 Å². The van der Waals surface area contributed by atoms with E-state index in [9.17, 15) is 4.79 Å². The SMILES string of the molecule is Cc1nc(NCCCN2CCNCC2)ncc1C(=O)O. The Balaban J connectivity index is 1.73. The summed E-state index contributed by atoms with van der Waals surface area (Å²) in [6, 6.07) is 0. The van der Waals surface area contributed by atoms with Crippen molar-refractivity contribution >= 4 is 11.9 Å². The van der Waals surface area contributed by atoms with Crippen LogP contribution in [0.4, 0.5) is 5.95 Å². The molecule has 0 saturated carbocycles. The molecule has 1 aromatic rings. The van der Waals surface area contributed by atoms with Gasteiger partial charge in [0.15, 0.2) is 0 Å². The molecular formula is C13H21N5O2. The number of piperazine rings is 1. The number of carbonyl (C=O) groups is 1. The molecule has 0 aromatic carbocycles. The molecule has 20 heavy (non-hydrogen) atoms. The minimum absolute atomic E-state index is 0.149. The summed E-state index contributed by atoms with van der Waals surface area (Å²) in [7, 11) is 0. The zero-order valence-corrected chi connectivity index (χ0v) is 11.7. The van der Waals surface area contributed by atoms with Crippen LogP contribution in [0.1, 0.15) is 22.5 Å². The number of hydrogen-bond donors (Lipinski definition) is 3. The number of aromatic carboxylic acids is 1. The maximum atomic E-state index is 10.9. The van der Waals surface area contributed by atoms with Crippen molar-refractivity contribution in [3.05, 3.63) is 17.5 Å². The minimum atomic E-state index is -0.993. The monoisotopic (exact) mass is 279 g/mol. The van der Waals surface area contributed by atoms with Gasteiger partial charge in [-0.3, -0.25) is 0 Å². The molecule has 3 N–H and O–H groups in total. The zero-order valence-electron chi connectivity index (χ0n) is 11.7. The van der Waals surface area contributed by atoms with E-state index >= 15 is 0 Å². The molecule has 2 rings (SSSR count). The number of carboxylic acids is 1. The maximum absolute atomic E-state index is 10.9. The molecule has 0 bridgehead atoms. The summed E-state index contributed by atoms with van der Waals surface area (Å²) in [6.07, 6.45) is 2.37. The van der Waals surface area contributed by atoms with Gasteiger partial charge in [-0.15, -0.1) is 0 Å². The third-order valence-electron chi connectivity index (χ3n) is 3.35. The van der Waals surface area contributed by atoms with Gasteiger partial charge in [0, 0.05) is 38.9 Å². The normalized spacial score (nSPS) is 16.1. The van der Waals surface area contributed by atoms with Gasteiger partial charge in [-0.25, -0.2) is 14.8 Å². The van der Waals surface area contributed by atoms with Gasteiger partial charge in [0.25, 0.3) is 0 Å². The highest BCUT2D eigenvalue weighted by Crippen LogP contribution is 2.07. The van der Waals surface area contributed by atoms with Gasteiger partial charge in [0.2, 0.25) is 5.95 Å². The zero-order chi connectivity index (χ0) is 14.4. The Bertz CT molecular complexity index is 460. The first-order chi connectivity index (χ1) is 9.66. The van der Waals surface area contributed by atoms with Crippen molar-refractivity contribution in [2.75, 3.05) is 44.6 Å². The topological polar surface area (TPSA) is 90.4 Å². The van der Waals surface area contributed by atoms with Gasteiger partial charge in [-0.1, -0.05) is 0 Å². The number of hydrogen-bond acceptors (Lipinski definition) is 6. The first-order valence-corrected chi connectivity index (χ1v) is 6.90. The van der Waals surface area contributed by atoms with Crippen molar-refractivity contribution in [1.29, 1.82) is 0 Å². The highest BCUT2D eigenvalue weighted by molar-refractivity contribution is 5.88. The molecule has 2 heterocycles. The Hall–Kier alpha value is -1.73. The fraction of sp³-hybridized carbons (Fsp3) is 0.615. The molecule has 7 nitrogen and oxygen atoms in total. The van der Waals surface area contributed by atoms with Crippen molar-refractivity contribution in [3.63, 3.8) is 0 Å². The second kappa shape index (κ2) is 7.16. The molecule has 1 fully saturated rings. The van der Waals surface area contributed by atoms with Crippen LogP contribution in [-0.4, -0.2) is 65.2 Å². The lowest BCUT2D eigenvalue weighted by atomic mass is 10.2. The number of rotatable bonds is 6. The second-order valence-corrected chi connectivity index (χ2v) is 4.87. The first kappa shape index (κ1) is 14.7. The number of aromatic nitrogens is 2. The Morgan fingerprint density at radius 1 is 1.50 bits per heavy atom. The van der Waals surface area contributed by atoms with E-state index < -0.39 is 5.97 Å². The van der Waals surface area contributed by atoms with Gasteiger partial charge in [-0.05, 0) is 19.9 Å². The molecule has 1 aliphatic heterocycles. The maximum Gasteiger partial charge on any atom is 0.339 e. The predicted octanol–water partition coefficient (Wildman–Crippen LogP) is 0.190. The largest absolute Gasteiger partial charge is 0.478 e. The first-order valence-electron chi connectivity index (χ1n) is 6.90. The Morgan fingerprint density at radius 2 is 2.25 bits per heavy atom. The number of carboxylic acid groups (broad SMARTS) is 1. The minimum Gasteiger partial charge on any atom is -0.478 e. The van der Waals surface area contributed by atoms with Crippen molar-refractivity contribution in [1.82, 2.24) is 20.2 Å². The van der Waals surface area contributed by atoms with E-state index in [0.29, 0.717) is 11.6 Å². The van der Waals surface area contributed by atoms with Crippen molar-refractivity contribution < 1.29 is 9.90 Å². The van der Waals surface area contributed by atoms with E-state index in [-0.39, 0.29) is 5.56 Å². The van der Waals surface area contributed by atoms with Crippen molar-refractivity contribution in [2.45, 2.75) is 13.3 Å². The van der Waals surface area contributed by atoms with Crippen LogP contribution in [0.2, 0.25) is 0 Å². The Kier molecular flexibility index (Phi) is 5.25. The van der Waals surface area contributed by atoms with Crippen molar-refractivity contribution in [2.24, 2.45) is 0 Å². The summed E-state index contributed by atoms with van der Waals surface area (Å²) < 4.78 is 0. The fourth-order valence-electron chi connectivity index (χ4n) is 2.20. The van der Waals surface area contributed by atoms with Crippen molar-refractivity contribution in [3.8, 4) is 0 Å². The highest BCUT2D eigenvalue weighted by Gasteiger charge is 2.10. The van der Waals surface area contributed by atoms with Gasteiger partial charge in [0.1, 0.15) is 0 Å². The van der Waals surface area contributed by atoms with Crippen LogP contribution in [0.15, 0.2) is 6.20 Å². The lowest BCUT2D eigenvalue weighted by Gasteiger charge is -2.27. The Morgan fingerprint density at radius 3 is 2.90 bits per heavy atom. The molecule has 0 unspecified atom stereocenters. The smallest absolute Gasteiger partial charge is 0.339 e. The molecule has 0 amide bonds. The van der Waals surface area contributed by atoms with Crippen LogP contribution in [0, 0.1) is 6.92 Å². The average Bonchev–Trinajstić information content (AvgIpc) is 2.44. The van der Waals surface area contributed by atoms with Crippen LogP contribution in [0.25, 0.3) is 0 Å². The summed E-state index contributed by atoms with van der Waals surface area (Å²) >= 11 is 0. The van der Waals surface area contributed by atoms with Gasteiger partial charge in [-0.2, -0.15) is 0 Å². The molecule has 1 aliphatic rings. The standard InChI is InChI=1S/C13H21N5O2/c1-10-11(12(19)20)9-16-13(17-10)15-3-2-6-18-7-4-14-5-8-18/h9,14H,2-8H2,1H3,(H,19,20)(H,15,16,17). The molecule has 0 radical (unpaired) electrons. The Labute approximate surface area is 118 Å². The third-order valence-corrected chi connectivity index (χ3v) is 3.35. The molecule has 0 aliphatic carbocycles. The summed E-state index contributed by atoms with van der Waals surface area (Å²) in [5.41, 5.74) is 0.633. The molecule has 1 saturated heterocycles. The highest BCUT2D eigenvalue weighted by atomic mass is 16.4. The van der Waals surface area contributed by atoms with Crippen LogP contribution < -0.4 is 10.6 Å². The molecule has 0 atom stereocenters. The molecule has 1 aromatic heterocycles. The average molecular weight is 279 g/mol. The van der Waals surface area contributed by atoms with Gasteiger partial charge < -0.3 is 20.6 Å². The summed E-state index contributed by atoms with van der Waals surface area (Å²) in [6.45, 7) is 7.85. The van der Waals surface area contributed by atoms with E-state index in [1.54, 1.807) is 6.92 Å². The van der Waals surface area contributed by atoms with Crippen LogP contribution in [0.3, 0.4) is 0 Å². The molecule has 7 heteroatoms. The van der Waals surface area contributed by atoms with E-state index in [0.717, 1.165) is 45.7 Å².